The fourth-order valence-corrected chi connectivity index (χ4v) is 2.34. The van der Waals surface area contributed by atoms with Crippen LogP contribution in [0.4, 0.5) is 0 Å². The second-order valence-electron chi connectivity index (χ2n) is 5.07. The van der Waals surface area contributed by atoms with Gasteiger partial charge in [0.2, 0.25) is 0 Å². The molecule has 0 amide bonds. The van der Waals surface area contributed by atoms with Gasteiger partial charge in [-0.25, -0.2) is 0 Å². The third-order valence-electron chi connectivity index (χ3n) is 3.35. The Balaban J connectivity index is 2.82. The lowest BCUT2D eigenvalue weighted by molar-refractivity contribution is -0.149. The quantitative estimate of drug-likeness (QED) is 0.227. The predicted octanol–water partition coefficient (Wildman–Crippen LogP) is 3.08. The van der Waals surface area contributed by atoms with Crippen LogP contribution in [0.5, 0.6) is 0 Å². The zero-order valence-corrected chi connectivity index (χ0v) is 12.6. The number of aldehydes is 1. The molecule has 1 atom stereocenters. The minimum absolute atomic E-state index is 0.214. The maximum Gasteiger partial charge on any atom is 0.303 e. The fourth-order valence-electron chi connectivity index (χ4n) is 2.34. The largest absolute Gasteiger partial charge is 0.450 e. The number of hydrogen-bond donors (Lipinski definition) is 0. The van der Waals surface area contributed by atoms with E-state index in [0.29, 0.717) is 12.7 Å². The zero-order chi connectivity index (χ0) is 15.7. The number of esters is 1. The van der Waals surface area contributed by atoms with Gasteiger partial charge in [0.15, 0.2) is 11.4 Å². The predicted molar refractivity (Wildman–Crippen MR) is 80.7 cm³/mol. The summed E-state index contributed by atoms with van der Waals surface area (Å²) in [5.74, 6) is -0.770. The van der Waals surface area contributed by atoms with E-state index in [-0.39, 0.29) is 11.4 Å². The summed E-state index contributed by atoms with van der Waals surface area (Å²) in [4.78, 5) is 33.8. The van der Waals surface area contributed by atoms with E-state index in [1.54, 1.807) is 6.08 Å². The Morgan fingerprint density at radius 1 is 1.33 bits per heavy atom. The van der Waals surface area contributed by atoms with Crippen molar-refractivity contribution in [2.24, 2.45) is 0 Å². The number of ketones is 1. The van der Waals surface area contributed by atoms with Gasteiger partial charge in [-0.2, -0.15) is 0 Å². The van der Waals surface area contributed by atoms with E-state index in [1.165, 1.54) is 25.5 Å². The summed E-state index contributed by atoms with van der Waals surface area (Å²) in [5.41, 5.74) is -0.920. The first-order valence-electron chi connectivity index (χ1n) is 7.30. The molecule has 0 fully saturated rings. The molecule has 1 aliphatic carbocycles. The van der Waals surface area contributed by atoms with Gasteiger partial charge in [-0.3, -0.25) is 14.4 Å². The molecule has 0 unspecified atom stereocenters. The normalized spacial score (nSPS) is 23.1. The fraction of sp³-hybridized carbons (Fsp3) is 0.471. The van der Waals surface area contributed by atoms with Gasteiger partial charge in [-0.05, 0) is 31.1 Å². The lowest BCUT2D eigenvalue weighted by Gasteiger charge is -2.27. The molecule has 1 aliphatic rings. The van der Waals surface area contributed by atoms with Gasteiger partial charge in [0.25, 0.3) is 0 Å². The first kappa shape index (κ1) is 17.1. The molecule has 0 aromatic heterocycles. The Morgan fingerprint density at radius 2 is 2.10 bits per heavy atom. The third kappa shape index (κ3) is 4.81. The van der Waals surface area contributed by atoms with Crippen molar-refractivity contribution in [2.45, 2.75) is 51.6 Å². The summed E-state index contributed by atoms with van der Waals surface area (Å²) in [5, 5.41) is 0. The van der Waals surface area contributed by atoms with E-state index in [9.17, 15) is 14.4 Å². The number of carbonyl (C=O) groups excluding carboxylic acids is 3. The first-order chi connectivity index (χ1) is 10.1. The van der Waals surface area contributed by atoms with E-state index in [0.717, 1.165) is 19.3 Å². The molecule has 0 spiro atoms. The highest BCUT2D eigenvalue weighted by molar-refractivity contribution is 6.11. The minimum Gasteiger partial charge on any atom is -0.450 e. The van der Waals surface area contributed by atoms with Gasteiger partial charge in [0.1, 0.15) is 6.29 Å². The number of unbranched alkanes of at least 4 members (excludes halogenated alkanes) is 3. The van der Waals surface area contributed by atoms with Crippen molar-refractivity contribution in [1.29, 1.82) is 0 Å². The van der Waals surface area contributed by atoms with Crippen molar-refractivity contribution >= 4 is 18.0 Å². The maximum absolute atomic E-state index is 11.8. The van der Waals surface area contributed by atoms with E-state index < -0.39 is 11.6 Å². The molecule has 4 nitrogen and oxygen atoms in total. The zero-order valence-electron chi connectivity index (χ0n) is 12.6. The molecule has 0 aromatic carbocycles. The van der Waals surface area contributed by atoms with Crippen molar-refractivity contribution < 1.29 is 19.1 Å². The number of hydrogen-bond acceptors (Lipinski definition) is 4. The maximum atomic E-state index is 11.8. The SMILES string of the molecule is CCCCC/C=C\C[C@]1(OC(C)=O)C=CC(=O)/C1=C/C=O. The smallest absolute Gasteiger partial charge is 0.303 e. The Kier molecular flexibility index (Phi) is 6.79. The molecular formula is C17H22O4. The lowest BCUT2D eigenvalue weighted by Crippen LogP contribution is -2.33. The summed E-state index contributed by atoms with van der Waals surface area (Å²) in [6, 6.07) is 0. The molecule has 0 heterocycles. The summed E-state index contributed by atoms with van der Waals surface area (Å²) in [6.45, 7) is 3.44. The molecule has 0 saturated carbocycles. The van der Waals surface area contributed by atoms with Crippen LogP contribution in [0.1, 0.15) is 46.0 Å². The molecule has 1 rings (SSSR count). The average Bonchev–Trinajstić information content (AvgIpc) is 2.72. The number of allylic oxidation sites excluding steroid dienone is 3. The highest BCUT2D eigenvalue weighted by Gasteiger charge is 2.41. The van der Waals surface area contributed by atoms with Crippen molar-refractivity contribution in [3.05, 3.63) is 36.0 Å². The van der Waals surface area contributed by atoms with Gasteiger partial charge >= 0.3 is 5.97 Å². The van der Waals surface area contributed by atoms with Crippen LogP contribution in [0.3, 0.4) is 0 Å². The van der Waals surface area contributed by atoms with Crippen molar-refractivity contribution in [2.75, 3.05) is 0 Å². The van der Waals surface area contributed by atoms with E-state index >= 15 is 0 Å². The molecule has 0 radical (unpaired) electrons. The summed E-state index contributed by atoms with van der Waals surface area (Å²) in [7, 11) is 0. The molecule has 0 N–H and O–H groups in total. The van der Waals surface area contributed by atoms with E-state index in [4.69, 9.17) is 4.74 Å². The Bertz CT molecular complexity index is 485. The Morgan fingerprint density at radius 3 is 2.71 bits per heavy atom. The number of carbonyl (C=O) groups is 3. The molecule has 21 heavy (non-hydrogen) atoms. The summed E-state index contributed by atoms with van der Waals surface area (Å²) in [6.07, 6.45) is 13.3. The van der Waals surface area contributed by atoms with Gasteiger partial charge in [-0.1, -0.05) is 31.9 Å². The second-order valence-corrected chi connectivity index (χ2v) is 5.07. The van der Waals surface area contributed by atoms with Crippen molar-refractivity contribution in [3.63, 3.8) is 0 Å². The monoisotopic (exact) mass is 290 g/mol. The topological polar surface area (TPSA) is 60.4 Å². The highest BCUT2D eigenvalue weighted by Crippen LogP contribution is 2.34. The molecule has 0 aliphatic heterocycles. The Hall–Kier alpha value is -1.97. The van der Waals surface area contributed by atoms with Crippen LogP contribution in [0.15, 0.2) is 36.0 Å². The third-order valence-corrected chi connectivity index (χ3v) is 3.35. The molecular weight excluding hydrogens is 268 g/mol. The number of ether oxygens (including phenoxy) is 1. The van der Waals surface area contributed by atoms with Crippen LogP contribution in [0.2, 0.25) is 0 Å². The van der Waals surface area contributed by atoms with Crippen LogP contribution >= 0.6 is 0 Å². The van der Waals surface area contributed by atoms with E-state index in [1.807, 2.05) is 12.2 Å². The minimum atomic E-state index is -1.13. The Labute approximate surface area is 125 Å². The van der Waals surface area contributed by atoms with Crippen molar-refractivity contribution in [3.8, 4) is 0 Å². The van der Waals surface area contributed by atoms with Gasteiger partial charge in [0, 0.05) is 13.3 Å². The molecule has 0 aromatic rings. The van der Waals surface area contributed by atoms with Crippen LogP contribution in [-0.4, -0.2) is 23.6 Å². The van der Waals surface area contributed by atoms with Gasteiger partial charge in [0.05, 0.1) is 5.57 Å². The number of rotatable bonds is 8. The van der Waals surface area contributed by atoms with Crippen LogP contribution < -0.4 is 0 Å². The average molecular weight is 290 g/mol. The van der Waals surface area contributed by atoms with Gasteiger partial charge in [-0.15, -0.1) is 0 Å². The van der Waals surface area contributed by atoms with Gasteiger partial charge < -0.3 is 4.74 Å². The standard InChI is InChI=1S/C17H22O4/c1-3-4-5-6-7-8-11-17(21-14(2)19)12-9-16(20)15(17)10-13-18/h7-10,12-13H,3-6,11H2,1-2H3/b8-7-,15-10-/t17-/m0/s1. The van der Waals surface area contributed by atoms with Crippen LogP contribution in [0, 0.1) is 0 Å². The van der Waals surface area contributed by atoms with Crippen LogP contribution in [0.25, 0.3) is 0 Å². The second kappa shape index (κ2) is 8.35. The molecule has 0 bridgehead atoms. The van der Waals surface area contributed by atoms with Crippen LogP contribution in [-0.2, 0) is 19.1 Å². The first-order valence-corrected chi connectivity index (χ1v) is 7.30. The molecule has 0 saturated heterocycles. The highest BCUT2D eigenvalue weighted by atomic mass is 16.6. The van der Waals surface area contributed by atoms with Crippen molar-refractivity contribution in [1.82, 2.24) is 0 Å². The molecule has 4 heteroatoms. The van der Waals surface area contributed by atoms with E-state index in [2.05, 4.69) is 6.92 Å². The summed E-state index contributed by atoms with van der Waals surface area (Å²) >= 11 is 0. The summed E-state index contributed by atoms with van der Waals surface area (Å²) < 4.78 is 5.34. The molecule has 114 valence electrons. The lowest BCUT2D eigenvalue weighted by atomic mass is 9.92.